The van der Waals surface area contributed by atoms with Crippen LogP contribution in [-0.2, 0) is 11.8 Å². The topological polar surface area (TPSA) is 72.3 Å². The molecule has 0 radical (unpaired) electrons. The fourth-order valence-electron chi connectivity index (χ4n) is 7.44. The normalized spacial score (nSPS) is 12.8. The minimum absolute atomic E-state index is 0.365. The number of para-hydroxylation sites is 2. The van der Waals surface area contributed by atoms with Crippen LogP contribution in [-0.4, -0.2) is 24.1 Å². The number of nitriles is 1. The van der Waals surface area contributed by atoms with Crippen LogP contribution in [0.2, 0.25) is 0 Å². The third-order valence-electron chi connectivity index (χ3n) is 9.74. The largest absolute Gasteiger partial charge is 0.308 e. The summed E-state index contributed by atoms with van der Waals surface area (Å²) in [5, 5.41) is 13.7. The maximum Gasteiger partial charge on any atom is 0.238 e. The monoisotopic (exact) mass is 646 g/mol. The Labute approximate surface area is 290 Å². The van der Waals surface area contributed by atoms with Crippen LogP contribution in [0.4, 0.5) is 0 Å². The summed E-state index contributed by atoms with van der Waals surface area (Å²) in [5.41, 5.74) is 9.81. The SMILES string of the molecule is CC(C)(C)c1nc(-c2cc(C#N)ccc2-n2c3ccccc3c3c(-c4ccccc4)cccc32)nc(-n2c3c(c4ccccc42)CCC=C3)n1. The van der Waals surface area contributed by atoms with Gasteiger partial charge in [-0.25, -0.2) is 4.98 Å². The number of hydrogen-bond donors (Lipinski definition) is 0. The summed E-state index contributed by atoms with van der Waals surface area (Å²) in [7, 11) is 0. The highest BCUT2D eigenvalue weighted by Gasteiger charge is 2.26. The highest BCUT2D eigenvalue weighted by Crippen LogP contribution is 2.41. The maximum atomic E-state index is 10.2. The Kier molecular flexibility index (Phi) is 6.79. The third-order valence-corrected chi connectivity index (χ3v) is 9.74. The van der Waals surface area contributed by atoms with Crippen LogP contribution in [0, 0.1) is 11.3 Å². The van der Waals surface area contributed by atoms with Crippen LogP contribution in [0.1, 0.15) is 49.8 Å². The molecule has 0 atom stereocenters. The number of fused-ring (bicyclic) bond motifs is 6. The molecule has 3 heterocycles. The fraction of sp³-hybridized carbons (Fsp3) is 0.136. The number of hydrogen-bond acceptors (Lipinski definition) is 4. The molecule has 0 bridgehead atoms. The van der Waals surface area contributed by atoms with E-state index < -0.39 is 0 Å². The quantitative estimate of drug-likeness (QED) is 0.191. The van der Waals surface area contributed by atoms with E-state index in [-0.39, 0.29) is 5.41 Å². The number of rotatable bonds is 4. The Bertz CT molecular complexity index is 2700. The molecule has 8 aromatic rings. The molecule has 6 nitrogen and oxygen atoms in total. The minimum atomic E-state index is -0.365. The van der Waals surface area contributed by atoms with E-state index in [0.29, 0.717) is 23.2 Å². The van der Waals surface area contributed by atoms with Gasteiger partial charge in [0.05, 0.1) is 39.6 Å². The van der Waals surface area contributed by atoms with Gasteiger partial charge in [-0.3, -0.25) is 4.57 Å². The molecular weight excluding hydrogens is 613 g/mol. The molecule has 5 aromatic carbocycles. The first kappa shape index (κ1) is 29.8. The summed E-state index contributed by atoms with van der Waals surface area (Å²) in [5.74, 6) is 1.79. The summed E-state index contributed by atoms with van der Waals surface area (Å²) in [6.45, 7) is 6.39. The second kappa shape index (κ2) is 11.4. The average Bonchev–Trinajstić information content (AvgIpc) is 3.67. The van der Waals surface area contributed by atoms with Crippen molar-refractivity contribution in [3.05, 3.63) is 144 Å². The van der Waals surface area contributed by atoms with E-state index in [2.05, 4.69) is 139 Å². The van der Waals surface area contributed by atoms with E-state index in [4.69, 9.17) is 15.0 Å². The predicted molar refractivity (Wildman–Crippen MR) is 203 cm³/mol. The molecule has 6 heteroatoms. The summed E-state index contributed by atoms with van der Waals surface area (Å²) in [4.78, 5) is 15.6. The average molecular weight is 647 g/mol. The van der Waals surface area contributed by atoms with Crippen molar-refractivity contribution in [1.29, 1.82) is 5.26 Å². The lowest BCUT2D eigenvalue weighted by atomic mass is 9.95. The lowest BCUT2D eigenvalue weighted by Gasteiger charge is -2.20. The van der Waals surface area contributed by atoms with E-state index in [1.165, 1.54) is 21.9 Å². The summed E-state index contributed by atoms with van der Waals surface area (Å²) in [6, 6.07) is 42.3. The van der Waals surface area contributed by atoms with Crippen molar-refractivity contribution < 1.29 is 0 Å². The van der Waals surface area contributed by atoms with Crippen molar-refractivity contribution >= 4 is 38.8 Å². The molecule has 50 heavy (non-hydrogen) atoms. The molecule has 0 saturated carbocycles. The van der Waals surface area contributed by atoms with Crippen molar-refractivity contribution in [3.63, 3.8) is 0 Å². The second-order valence-corrected chi connectivity index (χ2v) is 14.0. The van der Waals surface area contributed by atoms with Gasteiger partial charge in [0.15, 0.2) is 5.82 Å². The zero-order chi connectivity index (χ0) is 34.0. The van der Waals surface area contributed by atoms with Gasteiger partial charge < -0.3 is 4.57 Å². The van der Waals surface area contributed by atoms with Crippen molar-refractivity contribution in [2.75, 3.05) is 0 Å². The summed E-state index contributed by atoms with van der Waals surface area (Å²) < 4.78 is 4.48. The summed E-state index contributed by atoms with van der Waals surface area (Å²) >= 11 is 0. The van der Waals surface area contributed by atoms with Crippen LogP contribution in [0.15, 0.2) is 121 Å². The summed E-state index contributed by atoms with van der Waals surface area (Å²) in [6.07, 6.45) is 6.40. The zero-order valence-corrected chi connectivity index (χ0v) is 28.2. The molecule has 0 aliphatic heterocycles. The standard InChI is InChI=1S/C44H34N6/c1-44(2,3)42-46-41(47-43(48-42)50-35-20-10-7-16-31(35)32-17-8-11-21-36(32)50)34-26-28(27-45)24-25-38(34)49-37-22-12-9-18-33(37)40-30(19-13-23-39(40)49)29-14-5-4-6-15-29/h4-7,9-16,18-26H,8,17H2,1-3H3. The molecule has 0 fully saturated rings. The van der Waals surface area contributed by atoms with Gasteiger partial charge in [0.1, 0.15) is 5.82 Å². The van der Waals surface area contributed by atoms with E-state index in [1.54, 1.807) is 0 Å². The minimum Gasteiger partial charge on any atom is -0.308 e. The van der Waals surface area contributed by atoms with Crippen LogP contribution < -0.4 is 0 Å². The van der Waals surface area contributed by atoms with Crippen LogP contribution in [0.5, 0.6) is 0 Å². The molecule has 240 valence electrons. The molecule has 3 aromatic heterocycles. The molecule has 0 spiro atoms. The molecule has 1 aliphatic carbocycles. The first-order valence-corrected chi connectivity index (χ1v) is 17.1. The first-order valence-electron chi connectivity index (χ1n) is 17.1. The Morgan fingerprint density at radius 2 is 1.40 bits per heavy atom. The Morgan fingerprint density at radius 1 is 0.680 bits per heavy atom. The van der Waals surface area contributed by atoms with Gasteiger partial charge in [-0.15, -0.1) is 0 Å². The number of allylic oxidation sites excluding steroid dienone is 1. The van der Waals surface area contributed by atoms with Crippen molar-refractivity contribution in [2.24, 2.45) is 0 Å². The first-order chi connectivity index (χ1) is 24.4. The molecule has 9 rings (SSSR count). The van der Waals surface area contributed by atoms with Crippen LogP contribution in [0.3, 0.4) is 0 Å². The lowest BCUT2D eigenvalue weighted by molar-refractivity contribution is 0.540. The molecule has 0 amide bonds. The van der Waals surface area contributed by atoms with E-state index >= 15 is 0 Å². The molecule has 0 N–H and O–H groups in total. The van der Waals surface area contributed by atoms with Crippen molar-refractivity contribution in [2.45, 2.75) is 39.0 Å². The van der Waals surface area contributed by atoms with Gasteiger partial charge in [0, 0.05) is 27.1 Å². The molecule has 1 aliphatic rings. The fourth-order valence-corrected chi connectivity index (χ4v) is 7.44. The van der Waals surface area contributed by atoms with Gasteiger partial charge in [-0.2, -0.15) is 15.2 Å². The van der Waals surface area contributed by atoms with Gasteiger partial charge in [0.25, 0.3) is 0 Å². The number of nitrogens with zero attached hydrogens (tertiary/aromatic N) is 6. The second-order valence-electron chi connectivity index (χ2n) is 14.0. The van der Waals surface area contributed by atoms with Gasteiger partial charge in [-0.1, -0.05) is 106 Å². The molecular formula is C44H34N6. The lowest BCUT2D eigenvalue weighted by Crippen LogP contribution is -2.20. The number of aryl methyl sites for hydroxylation is 1. The number of aromatic nitrogens is 5. The predicted octanol–water partition coefficient (Wildman–Crippen LogP) is 10.4. The van der Waals surface area contributed by atoms with E-state index in [0.717, 1.165) is 57.3 Å². The zero-order valence-electron chi connectivity index (χ0n) is 28.2. The number of benzene rings is 5. The highest BCUT2D eigenvalue weighted by molar-refractivity contribution is 6.16. The van der Waals surface area contributed by atoms with Gasteiger partial charge in [0.2, 0.25) is 5.95 Å². The third kappa shape index (κ3) is 4.66. The molecule has 0 saturated heterocycles. The van der Waals surface area contributed by atoms with Crippen LogP contribution >= 0.6 is 0 Å². The Balaban J connectivity index is 1.36. The molecule has 0 unspecified atom stereocenters. The van der Waals surface area contributed by atoms with E-state index in [9.17, 15) is 5.26 Å². The van der Waals surface area contributed by atoms with Crippen LogP contribution in [0.25, 0.3) is 72.9 Å². The van der Waals surface area contributed by atoms with Crippen molar-refractivity contribution in [3.8, 4) is 40.2 Å². The smallest absolute Gasteiger partial charge is 0.238 e. The van der Waals surface area contributed by atoms with Gasteiger partial charge >= 0.3 is 0 Å². The van der Waals surface area contributed by atoms with E-state index in [1.807, 2.05) is 24.3 Å². The maximum absolute atomic E-state index is 10.2. The Hall–Kier alpha value is -6.32. The highest BCUT2D eigenvalue weighted by atomic mass is 15.2. The van der Waals surface area contributed by atoms with Crippen molar-refractivity contribution in [1.82, 2.24) is 24.1 Å². The van der Waals surface area contributed by atoms with Gasteiger partial charge in [-0.05, 0) is 72.0 Å². The Morgan fingerprint density at radius 3 is 2.18 bits per heavy atom.